The van der Waals surface area contributed by atoms with Crippen molar-refractivity contribution in [1.29, 1.82) is 0 Å². The molecule has 1 fully saturated rings. The molecule has 1 amide bonds. The van der Waals surface area contributed by atoms with E-state index < -0.39 is 12.0 Å². The summed E-state index contributed by atoms with van der Waals surface area (Å²) in [5.41, 5.74) is 5.42. The molecule has 80 valence electrons. The molecular weight excluding hydrogens is 184 g/mol. The van der Waals surface area contributed by atoms with Crippen molar-refractivity contribution in [3.63, 3.8) is 0 Å². The van der Waals surface area contributed by atoms with Gasteiger partial charge < -0.3 is 15.7 Å². The van der Waals surface area contributed by atoms with Gasteiger partial charge >= 0.3 is 5.97 Å². The lowest BCUT2D eigenvalue weighted by Crippen LogP contribution is -2.57. The van der Waals surface area contributed by atoms with Crippen molar-refractivity contribution >= 4 is 11.9 Å². The molecule has 1 saturated heterocycles. The van der Waals surface area contributed by atoms with Gasteiger partial charge in [-0.15, -0.1) is 0 Å². The number of nitrogens with zero attached hydrogens (tertiary/aromatic N) is 1. The molecule has 0 saturated carbocycles. The number of likely N-dealkylation sites (tertiary alicyclic amines) is 1. The topological polar surface area (TPSA) is 83.6 Å². The van der Waals surface area contributed by atoms with Crippen LogP contribution in [0.3, 0.4) is 0 Å². The van der Waals surface area contributed by atoms with E-state index in [-0.39, 0.29) is 17.7 Å². The van der Waals surface area contributed by atoms with Crippen LogP contribution in [0.2, 0.25) is 0 Å². The van der Waals surface area contributed by atoms with Crippen LogP contribution < -0.4 is 5.73 Å². The van der Waals surface area contributed by atoms with E-state index in [1.165, 1.54) is 0 Å². The Labute approximate surface area is 82.9 Å². The Balaban J connectivity index is 2.37. The van der Waals surface area contributed by atoms with Gasteiger partial charge in [-0.2, -0.15) is 0 Å². The second kappa shape index (κ2) is 3.96. The third kappa shape index (κ3) is 2.04. The minimum Gasteiger partial charge on any atom is -0.481 e. The predicted octanol–water partition coefficient (Wildman–Crippen LogP) is -0.487. The lowest BCUT2D eigenvalue weighted by atomic mass is 9.87. The van der Waals surface area contributed by atoms with Crippen molar-refractivity contribution < 1.29 is 14.7 Å². The standard InChI is InChI=1S/C9H16N2O3/c1-5(9(13)14)7-3-11(4-7)8(12)6(2)10/h5-7H,3-4,10H2,1-2H3,(H,13,14)/t5?,6-/m1/s1. The summed E-state index contributed by atoms with van der Waals surface area (Å²) in [5, 5.41) is 8.72. The van der Waals surface area contributed by atoms with Gasteiger partial charge in [0.15, 0.2) is 0 Å². The number of rotatable bonds is 3. The van der Waals surface area contributed by atoms with Crippen molar-refractivity contribution in [1.82, 2.24) is 4.90 Å². The zero-order valence-corrected chi connectivity index (χ0v) is 8.43. The SMILES string of the molecule is CC(C(=O)O)C1CN(C(=O)[C@@H](C)N)C1. The summed E-state index contributed by atoms with van der Waals surface area (Å²) in [4.78, 5) is 23.5. The van der Waals surface area contributed by atoms with E-state index in [1.807, 2.05) is 0 Å². The third-order valence-electron chi connectivity index (χ3n) is 2.71. The molecule has 0 aliphatic carbocycles. The summed E-state index contributed by atoms with van der Waals surface area (Å²) in [6.07, 6.45) is 0. The molecule has 5 heteroatoms. The first-order valence-corrected chi connectivity index (χ1v) is 4.70. The summed E-state index contributed by atoms with van der Waals surface area (Å²) < 4.78 is 0. The number of amides is 1. The van der Waals surface area contributed by atoms with Crippen LogP contribution in [-0.2, 0) is 9.59 Å². The van der Waals surface area contributed by atoms with Crippen molar-refractivity contribution in [2.24, 2.45) is 17.6 Å². The fourth-order valence-electron chi connectivity index (χ4n) is 1.50. The van der Waals surface area contributed by atoms with E-state index in [2.05, 4.69) is 0 Å². The van der Waals surface area contributed by atoms with Crippen LogP contribution in [0.1, 0.15) is 13.8 Å². The van der Waals surface area contributed by atoms with Crippen LogP contribution in [0, 0.1) is 11.8 Å². The molecule has 0 aromatic rings. The Bertz CT molecular complexity index is 246. The van der Waals surface area contributed by atoms with E-state index in [0.29, 0.717) is 13.1 Å². The molecule has 0 bridgehead atoms. The molecule has 0 radical (unpaired) electrons. The van der Waals surface area contributed by atoms with Crippen LogP contribution >= 0.6 is 0 Å². The smallest absolute Gasteiger partial charge is 0.306 e. The average molecular weight is 200 g/mol. The molecule has 2 atom stereocenters. The summed E-state index contributed by atoms with van der Waals surface area (Å²) in [6.45, 7) is 4.35. The van der Waals surface area contributed by atoms with E-state index in [1.54, 1.807) is 18.7 Å². The van der Waals surface area contributed by atoms with E-state index in [4.69, 9.17) is 10.8 Å². The summed E-state index contributed by atoms with van der Waals surface area (Å²) in [5.74, 6) is -1.20. The van der Waals surface area contributed by atoms with Crippen LogP contribution in [-0.4, -0.2) is 41.0 Å². The van der Waals surface area contributed by atoms with Gasteiger partial charge in [-0.25, -0.2) is 0 Å². The second-order valence-electron chi connectivity index (χ2n) is 3.92. The number of carbonyl (C=O) groups excluding carboxylic acids is 1. The van der Waals surface area contributed by atoms with Gasteiger partial charge in [0.05, 0.1) is 12.0 Å². The van der Waals surface area contributed by atoms with Crippen molar-refractivity contribution in [3.8, 4) is 0 Å². The molecule has 0 spiro atoms. The van der Waals surface area contributed by atoms with Crippen LogP contribution in [0.15, 0.2) is 0 Å². The summed E-state index contributed by atoms with van der Waals surface area (Å²) in [7, 11) is 0. The maximum atomic E-state index is 11.3. The maximum Gasteiger partial charge on any atom is 0.306 e. The van der Waals surface area contributed by atoms with Crippen molar-refractivity contribution in [2.45, 2.75) is 19.9 Å². The Hall–Kier alpha value is -1.10. The quantitative estimate of drug-likeness (QED) is 0.644. The average Bonchev–Trinajstić information content (AvgIpc) is 2.00. The molecule has 1 heterocycles. The fourth-order valence-corrected chi connectivity index (χ4v) is 1.50. The molecule has 1 aliphatic heterocycles. The zero-order valence-electron chi connectivity index (χ0n) is 8.43. The van der Waals surface area contributed by atoms with Crippen LogP contribution in [0.5, 0.6) is 0 Å². The Morgan fingerprint density at radius 2 is 1.93 bits per heavy atom. The Kier molecular flexibility index (Phi) is 3.10. The minimum atomic E-state index is -0.803. The highest BCUT2D eigenvalue weighted by atomic mass is 16.4. The van der Waals surface area contributed by atoms with E-state index in [9.17, 15) is 9.59 Å². The summed E-state index contributed by atoms with van der Waals surface area (Å²) >= 11 is 0. The molecule has 3 N–H and O–H groups in total. The van der Waals surface area contributed by atoms with Gasteiger partial charge in [0.1, 0.15) is 0 Å². The number of nitrogens with two attached hydrogens (primary N) is 1. The van der Waals surface area contributed by atoms with Crippen LogP contribution in [0.25, 0.3) is 0 Å². The van der Waals surface area contributed by atoms with Gasteiger partial charge in [-0.1, -0.05) is 6.92 Å². The third-order valence-corrected chi connectivity index (χ3v) is 2.71. The maximum absolute atomic E-state index is 11.3. The number of aliphatic carboxylic acids is 1. The molecular formula is C9H16N2O3. The first-order chi connectivity index (χ1) is 6.43. The molecule has 14 heavy (non-hydrogen) atoms. The lowest BCUT2D eigenvalue weighted by molar-refractivity contribution is -0.150. The number of hydrogen-bond acceptors (Lipinski definition) is 3. The highest BCUT2D eigenvalue weighted by Gasteiger charge is 2.37. The monoisotopic (exact) mass is 200 g/mol. The molecule has 0 aromatic carbocycles. The van der Waals surface area contributed by atoms with Gasteiger partial charge in [-0.05, 0) is 6.92 Å². The molecule has 1 aliphatic rings. The second-order valence-corrected chi connectivity index (χ2v) is 3.92. The number of carboxylic acids is 1. The normalized spacial score (nSPS) is 21.2. The Morgan fingerprint density at radius 1 is 1.43 bits per heavy atom. The highest BCUT2D eigenvalue weighted by molar-refractivity contribution is 5.82. The summed E-state index contributed by atoms with van der Waals surface area (Å²) in [6, 6.07) is -0.490. The highest BCUT2D eigenvalue weighted by Crippen LogP contribution is 2.24. The largest absolute Gasteiger partial charge is 0.481 e. The minimum absolute atomic E-state index is 0.0789. The van der Waals surface area contributed by atoms with E-state index in [0.717, 1.165) is 0 Å². The number of hydrogen-bond donors (Lipinski definition) is 2. The molecule has 0 aromatic heterocycles. The van der Waals surface area contributed by atoms with Crippen LogP contribution in [0.4, 0.5) is 0 Å². The number of carboxylic acid groups (broad SMARTS) is 1. The predicted molar refractivity (Wildman–Crippen MR) is 50.5 cm³/mol. The molecule has 1 unspecified atom stereocenters. The van der Waals surface area contributed by atoms with Gasteiger partial charge in [0, 0.05) is 19.0 Å². The van der Waals surface area contributed by atoms with Gasteiger partial charge in [0.25, 0.3) is 0 Å². The van der Waals surface area contributed by atoms with Crippen molar-refractivity contribution in [2.75, 3.05) is 13.1 Å². The Morgan fingerprint density at radius 3 is 2.29 bits per heavy atom. The molecule has 1 rings (SSSR count). The first kappa shape index (κ1) is 11.0. The van der Waals surface area contributed by atoms with Gasteiger partial charge in [0.2, 0.25) is 5.91 Å². The fraction of sp³-hybridized carbons (Fsp3) is 0.778. The zero-order chi connectivity index (χ0) is 10.9. The van der Waals surface area contributed by atoms with E-state index >= 15 is 0 Å². The molecule has 5 nitrogen and oxygen atoms in total. The van der Waals surface area contributed by atoms with Crippen molar-refractivity contribution in [3.05, 3.63) is 0 Å². The lowest BCUT2D eigenvalue weighted by Gasteiger charge is -2.41. The number of carbonyl (C=O) groups is 2. The first-order valence-electron chi connectivity index (χ1n) is 4.70. The van der Waals surface area contributed by atoms with Gasteiger partial charge in [-0.3, -0.25) is 9.59 Å².